The molecule has 0 saturated heterocycles. The van der Waals surface area contributed by atoms with E-state index in [0.717, 1.165) is 16.9 Å². The van der Waals surface area contributed by atoms with Gasteiger partial charge < -0.3 is 0 Å². The van der Waals surface area contributed by atoms with Crippen LogP contribution >= 0.6 is 11.6 Å². The first-order chi connectivity index (χ1) is 14.6. The van der Waals surface area contributed by atoms with Gasteiger partial charge in [0.2, 0.25) is 5.91 Å². The van der Waals surface area contributed by atoms with Crippen molar-refractivity contribution in [3.8, 4) is 11.3 Å². The fourth-order valence-corrected chi connectivity index (χ4v) is 3.83. The molecule has 2 aromatic carbocycles. The number of aromatic nitrogens is 2. The first-order valence-electron chi connectivity index (χ1n) is 9.50. The molecule has 1 aliphatic heterocycles. The van der Waals surface area contributed by atoms with Gasteiger partial charge in [0.1, 0.15) is 11.5 Å². The van der Waals surface area contributed by atoms with Crippen LogP contribution in [-0.2, 0) is 4.79 Å². The van der Waals surface area contributed by atoms with Crippen molar-refractivity contribution >= 4 is 34.6 Å². The Hall–Kier alpha value is -3.51. The van der Waals surface area contributed by atoms with Gasteiger partial charge in [-0.3, -0.25) is 9.20 Å². The van der Waals surface area contributed by atoms with Gasteiger partial charge in [0.05, 0.1) is 27.8 Å². The number of benzene rings is 2. The third-order valence-corrected chi connectivity index (χ3v) is 5.35. The minimum atomic E-state index is -0.311. The van der Waals surface area contributed by atoms with Crippen LogP contribution in [-0.4, -0.2) is 21.0 Å². The van der Waals surface area contributed by atoms with Crippen molar-refractivity contribution in [3.05, 3.63) is 89.5 Å². The number of carbonyl (C=O) groups excluding carboxylic acids is 1. The van der Waals surface area contributed by atoms with Crippen molar-refractivity contribution in [1.82, 2.24) is 9.38 Å². The van der Waals surface area contributed by atoms with Gasteiger partial charge in [0.15, 0.2) is 0 Å². The van der Waals surface area contributed by atoms with E-state index in [1.54, 1.807) is 24.3 Å². The Kier molecular flexibility index (Phi) is 4.56. The topological polar surface area (TPSA) is 50.0 Å². The molecule has 5 nitrogen and oxygen atoms in total. The van der Waals surface area contributed by atoms with Crippen LogP contribution < -0.4 is 5.01 Å². The van der Waals surface area contributed by atoms with Crippen molar-refractivity contribution in [2.45, 2.75) is 12.8 Å². The fraction of sp³-hybridized carbons (Fsp3) is 0.0870. The molecular formula is C23H16ClFN4O. The van der Waals surface area contributed by atoms with E-state index in [-0.39, 0.29) is 11.7 Å². The van der Waals surface area contributed by atoms with Crippen molar-refractivity contribution in [2.75, 3.05) is 5.01 Å². The lowest BCUT2D eigenvalue weighted by molar-refractivity contribution is -0.118. The molecule has 0 atom stereocenters. The summed E-state index contributed by atoms with van der Waals surface area (Å²) < 4.78 is 15.4. The molecule has 1 aliphatic rings. The summed E-state index contributed by atoms with van der Waals surface area (Å²) in [4.78, 5) is 17.4. The van der Waals surface area contributed by atoms with Gasteiger partial charge in [0.25, 0.3) is 0 Å². The fourth-order valence-electron chi connectivity index (χ4n) is 3.62. The highest BCUT2D eigenvalue weighted by Crippen LogP contribution is 2.32. The van der Waals surface area contributed by atoms with Crippen LogP contribution in [0.1, 0.15) is 18.5 Å². The largest absolute Gasteiger partial charge is 0.298 e. The van der Waals surface area contributed by atoms with Gasteiger partial charge in [0, 0.05) is 24.6 Å². The number of rotatable bonds is 3. The molecule has 4 aromatic rings. The van der Waals surface area contributed by atoms with Crippen LogP contribution in [0, 0.1) is 5.82 Å². The van der Waals surface area contributed by atoms with Gasteiger partial charge in [-0.25, -0.2) is 9.37 Å². The average Bonchev–Trinajstić information content (AvgIpc) is 3.15. The predicted octanol–water partition coefficient (Wildman–Crippen LogP) is 5.32. The summed E-state index contributed by atoms with van der Waals surface area (Å²) in [5.74, 6) is -0.432. The van der Waals surface area contributed by atoms with Gasteiger partial charge in [-0.2, -0.15) is 10.1 Å². The molecule has 5 rings (SSSR count). The van der Waals surface area contributed by atoms with E-state index in [2.05, 4.69) is 5.10 Å². The normalized spacial score (nSPS) is 14.3. The van der Waals surface area contributed by atoms with E-state index < -0.39 is 0 Å². The van der Waals surface area contributed by atoms with Gasteiger partial charge >= 0.3 is 0 Å². The Bertz CT molecular complexity index is 1300. The maximum atomic E-state index is 13.5. The Labute approximate surface area is 177 Å². The molecule has 0 saturated carbocycles. The standard InChI is InChI=1S/C23H16ClFN4O/c24-17-5-1-2-6-19(17)29-21(30)13-12-18(27-29)23-22(15-8-10-16(25)11-9-15)26-20-7-3-4-14-28(20)23/h1-11,14H,12-13H2. The highest BCUT2D eigenvalue weighted by Gasteiger charge is 2.28. The first-order valence-corrected chi connectivity index (χ1v) is 9.88. The molecular weight excluding hydrogens is 403 g/mol. The average molecular weight is 419 g/mol. The molecule has 0 N–H and O–H groups in total. The molecule has 3 heterocycles. The van der Waals surface area contributed by atoms with Crippen LogP contribution in [0.4, 0.5) is 10.1 Å². The Morgan fingerprint density at radius 2 is 1.70 bits per heavy atom. The molecule has 0 aliphatic carbocycles. The molecule has 0 fully saturated rings. The van der Waals surface area contributed by atoms with Crippen LogP contribution in [0.15, 0.2) is 78.0 Å². The number of imidazole rings is 1. The predicted molar refractivity (Wildman–Crippen MR) is 115 cm³/mol. The molecule has 148 valence electrons. The Morgan fingerprint density at radius 3 is 2.50 bits per heavy atom. The number of fused-ring (bicyclic) bond motifs is 1. The molecule has 0 bridgehead atoms. The van der Waals surface area contributed by atoms with Crippen molar-refractivity contribution in [3.63, 3.8) is 0 Å². The lowest BCUT2D eigenvalue weighted by Gasteiger charge is -2.24. The van der Waals surface area contributed by atoms with Gasteiger partial charge in [-0.1, -0.05) is 29.8 Å². The summed E-state index contributed by atoms with van der Waals surface area (Å²) in [7, 11) is 0. The maximum Gasteiger partial charge on any atom is 0.247 e. The van der Waals surface area contributed by atoms with Crippen LogP contribution in [0.25, 0.3) is 16.9 Å². The number of hydrazone groups is 1. The number of halogens is 2. The molecule has 0 spiro atoms. The molecule has 7 heteroatoms. The first kappa shape index (κ1) is 18.5. The second kappa shape index (κ2) is 7.39. The van der Waals surface area contributed by atoms with Crippen molar-refractivity contribution < 1.29 is 9.18 Å². The quantitative estimate of drug-likeness (QED) is 0.452. The number of amides is 1. The van der Waals surface area contributed by atoms with E-state index in [4.69, 9.17) is 16.6 Å². The summed E-state index contributed by atoms with van der Waals surface area (Å²) in [6, 6.07) is 19.0. The number of anilines is 1. The monoisotopic (exact) mass is 418 g/mol. The number of para-hydroxylation sites is 1. The minimum absolute atomic E-state index is 0.121. The van der Waals surface area contributed by atoms with E-state index >= 15 is 0 Å². The highest BCUT2D eigenvalue weighted by molar-refractivity contribution is 6.34. The van der Waals surface area contributed by atoms with E-state index in [0.29, 0.717) is 35.0 Å². The smallest absolute Gasteiger partial charge is 0.247 e. The van der Waals surface area contributed by atoms with Crippen molar-refractivity contribution in [1.29, 1.82) is 0 Å². The lowest BCUT2D eigenvalue weighted by atomic mass is 10.0. The second-order valence-corrected chi connectivity index (χ2v) is 7.36. The number of pyridine rings is 1. The second-order valence-electron chi connectivity index (χ2n) is 6.95. The SMILES string of the molecule is O=C1CCC(c2c(-c3ccc(F)cc3)nc3ccccn23)=NN1c1ccccc1Cl. The molecule has 30 heavy (non-hydrogen) atoms. The third-order valence-electron chi connectivity index (χ3n) is 5.03. The van der Waals surface area contributed by atoms with E-state index in [1.165, 1.54) is 17.1 Å². The van der Waals surface area contributed by atoms with Gasteiger partial charge in [-0.15, -0.1) is 0 Å². The van der Waals surface area contributed by atoms with Gasteiger partial charge in [-0.05, 0) is 48.5 Å². The summed E-state index contributed by atoms with van der Waals surface area (Å²) in [6.45, 7) is 0. The van der Waals surface area contributed by atoms with Crippen LogP contribution in [0.2, 0.25) is 5.02 Å². The Morgan fingerprint density at radius 1 is 0.933 bits per heavy atom. The zero-order chi connectivity index (χ0) is 20.7. The maximum absolute atomic E-state index is 13.5. The molecule has 1 amide bonds. The minimum Gasteiger partial charge on any atom is -0.298 e. The number of hydrogen-bond acceptors (Lipinski definition) is 3. The summed E-state index contributed by atoms with van der Waals surface area (Å²) >= 11 is 6.32. The molecule has 2 aromatic heterocycles. The summed E-state index contributed by atoms with van der Waals surface area (Å²) in [5, 5.41) is 6.48. The summed E-state index contributed by atoms with van der Waals surface area (Å²) in [6.07, 6.45) is 2.67. The number of hydrogen-bond donors (Lipinski definition) is 0. The van der Waals surface area contributed by atoms with E-state index in [1.807, 2.05) is 40.9 Å². The molecule has 0 radical (unpaired) electrons. The third kappa shape index (κ3) is 3.15. The number of nitrogens with zero attached hydrogens (tertiary/aromatic N) is 4. The summed E-state index contributed by atoms with van der Waals surface area (Å²) in [5.41, 5.74) is 4.25. The number of carbonyl (C=O) groups is 1. The molecule has 0 unspecified atom stereocenters. The highest BCUT2D eigenvalue weighted by atomic mass is 35.5. The Balaban J connectivity index is 1.71. The van der Waals surface area contributed by atoms with Crippen LogP contribution in [0.5, 0.6) is 0 Å². The zero-order valence-corrected chi connectivity index (χ0v) is 16.6. The van der Waals surface area contributed by atoms with Crippen molar-refractivity contribution in [2.24, 2.45) is 5.10 Å². The lowest BCUT2D eigenvalue weighted by Crippen LogP contribution is -2.32. The van der Waals surface area contributed by atoms with Crippen LogP contribution in [0.3, 0.4) is 0 Å². The zero-order valence-electron chi connectivity index (χ0n) is 15.8. The van der Waals surface area contributed by atoms with E-state index in [9.17, 15) is 9.18 Å².